The van der Waals surface area contributed by atoms with E-state index in [1.165, 1.54) is 18.2 Å². The number of aliphatic hydroxyl groups excluding tert-OH is 1. The summed E-state index contributed by atoms with van der Waals surface area (Å²) in [6.07, 6.45) is -9.05. The summed E-state index contributed by atoms with van der Waals surface area (Å²) in [7, 11) is 0. The first-order valence-electron chi connectivity index (χ1n) is 6.10. The average molecular weight is 375 g/mol. The molecular formula is C13H9Cl2F5N2O. The van der Waals surface area contributed by atoms with Crippen LogP contribution in [0.1, 0.15) is 6.42 Å². The topological polar surface area (TPSA) is 56.1 Å². The van der Waals surface area contributed by atoms with Crippen LogP contribution in [0.15, 0.2) is 29.5 Å². The third kappa shape index (κ3) is 3.59. The maximum absolute atomic E-state index is 13.6. The molecule has 1 aromatic rings. The molecule has 0 saturated heterocycles. The number of alkyl halides is 5. The van der Waals surface area contributed by atoms with Gasteiger partial charge in [0.15, 0.2) is 0 Å². The van der Waals surface area contributed by atoms with Crippen molar-refractivity contribution in [3.63, 3.8) is 0 Å². The Kier molecular flexibility index (Phi) is 4.62. The molecule has 3 nitrogen and oxygen atoms in total. The Hall–Kier alpha value is -1.38. The molecule has 0 amide bonds. The Bertz CT molecular complexity index is 687. The van der Waals surface area contributed by atoms with Gasteiger partial charge in [0.2, 0.25) is 0 Å². The van der Waals surface area contributed by atoms with Crippen LogP contribution in [0.2, 0.25) is 10.0 Å². The monoisotopic (exact) mass is 374 g/mol. The zero-order valence-electron chi connectivity index (χ0n) is 11.1. The Morgan fingerprint density at radius 3 is 2.39 bits per heavy atom. The van der Waals surface area contributed by atoms with E-state index < -0.39 is 41.6 Å². The Morgan fingerprint density at radius 2 is 1.87 bits per heavy atom. The second-order valence-electron chi connectivity index (χ2n) is 4.86. The molecule has 3 N–H and O–H groups in total. The summed E-state index contributed by atoms with van der Waals surface area (Å²) in [5, 5.41) is 19.1. The van der Waals surface area contributed by atoms with Gasteiger partial charge in [0.05, 0.1) is 16.5 Å². The Balaban J connectivity index is 2.43. The smallest absolute Gasteiger partial charge is 0.382 e. The summed E-state index contributed by atoms with van der Waals surface area (Å²) in [5.74, 6) is -3.81. The average Bonchev–Trinajstić information content (AvgIpc) is 2.62. The van der Waals surface area contributed by atoms with Crippen molar-refractivity contribution in [1.29, 1.82) is 5.41 Å². The summed E-state index contributed by atoms with van der Waals surface area (Å²) < 4.78 is 65.2. The first kappa shape index (κ1) is 18.0. The highest BCUT2D eigenvalue weighted by atomic mass is 35.5. The van der Waals surface area contributed by atoms with Crippen molar-refractivity contribution >= 4 is 34.6 Å². The number of rotatable bonds is 3. The molecule has 0 fully saturated rings. The van der Waals surface area contributed by atoms with Gasteiger partial charge in [-0.3, -0.25) is 5.41 Å². The number of aliphatic hydroxyl groups is 1. The number of nitrogens with one attached hydrogen (secondary N) is 2. The molecule has 0 aromatic heterocycles. The van der Waals surface area contributed by atoms with E-state index in [9.17, 15) is 27.1 Å². The van der Waals surface area contributed by atoms with Gasteiger partial charge in [-0.25, -0.2) is 8.78 Å². The van der Waals surface area contributed by atoms with E-state index in [-0.39, 0.29) is 15.7 Å². The first-order valence-corrected chi connectivity index (χ1v) is 6.86. The van der Waals surface area contributed by atoms with E-state index in [2.05, 4.69) is 5.32 Å². The summed E-state index contributed by atoms with van der Waals surface area (Å²) in [6.45, 7) is 0. The largest absolute Gasteiger partial charge is 0.433 e. The molecule has 126 valence electrons. The fraction of sp³-hybridized carbons (Fsp3) is 0.308. The summed E-state index contributed by atoms with van der Waals surface area (Å²) in [4.78, 5) is 0. The lowest BCUT2D eigenvalue weighted by Crippen LogP contribution is -2.36. The van der Waals surface area contributed by atoms with E-state index >= 15 is 0 Å². The molecule has 0 spiro atoms. The van der Waals surface area contributed by atoms with Gasteiger partial charge in [0, 0.05) is 17.0 Å². The first-order chi connectivity index (χ1) is 10.4. The number of hydrogen-bond acceptors (Lipinski definition) is 3. The van der Waals surface area contributed by atoms with Gasteiger partial charge in [0.25, 0.3) is 5.92 Å². The number of anilines is 1. The second kappa shape index (κ2) is 5.92. The van der Waals surface area contributed by atoms with E-state index in [1.807, 2.05) is 0 Å². The molecule has 0 aliphatic heterocycles. The second-order valence-corrected chi connectivity index (χ2v) is 5.67. The van der Waals surface area contributed by atoms with Crippen LogP contribution in [-0.4, -0.2) is 29.0 Å². The van der Waals surface area contributed by atoms with E-state index in [4.69, 9.17) is 28.6 Å². The Labute approximate surface area is 137 Å². The number of benzene rings is 1. The van der Waals surface area contributed by atoms with Crippen LogP contribution < -0.4 is 5.32 Å². The van der Waals surface area contributed by atoms with Crippen LogP contribution in [0, 0.1) is 5.41 Å². The van der Waals surface area contributed by atoms with Crippen molar-refractivity contribution in [2.45, 2.75) is 24.6 Å². The fourth-order valence-electron chi connectivity index (χ4n) is 2.10. The van der Waals surface area contributed by atoms with Gasteiger partial charge in [-0.15, -0.1) is 0 Å². The summed E-state index contributed by atoms with van der Waals surface area (Å²) >= 11 is 11.4. The predicted octanol–water partition coefficient (Wildman–Crippen LogP) is 4.64. The van der Waals surface area contributed by atoms with Gasteiger partial charge < -0.3 is 10.4 Å². The van der Waals surface area contributed by atoms with Crippen LogP contribution in [0.4, 0.5) is 27.6 Å². The van der Waals surface area contributed by atoms with E-state index in [1.54, 1.807) is 0 Å². The predicted molar refractivity (Wildman–Crippen MR) is 76.5 cm³/mol. The standard InChI is InChI=1S/C13H9Cl2F5N2O/c14-6-2-1-5(3-7(6)15)22-8-4-12(16,17)11(23)9(8)10(21)13(18,19)20/h1-3,11,21-23H,4H2/t11-/m0/s1. The molecule has 0 saturated carbocycles. The zero-order chi connectivity index (χ0) is 17.6. The molecule has 1 aromatic carbocycles. The normalized spacial score (nSPS) is 20.8. The van der Waals surface area contributed by atoms with Crippen LogP contribution in [0.5, 0.6) is 0 Å². The van der Waals surface area contributed by atoms with Gasteiger partial charge in [0.1, 0.15) is 11.8 Å². The summed E-state index contributed by atoms with van der Waals surface area (Å²) in [5.41, 5.74) is -3.70. The van der Waals surface area contributed by atoms with Gasteiger partial charge in [-0.1, -0.05) is 23.2 Å². The van der Waals surface area contributed by atoms with Crippen LogP contribution >= 0.6 is 23.2 Å². The lowest BCUT2D eigenvalue weighted by atomic mass is 10.1. The molecule has 0 heterocycles. The SMILES string of the molecule is N=C(C1=C(Nc2ccc(Cl)c(Cl)c2)CC(F)(F)[C@H]1O)C(F)(F)F. The fourth-order valence-corrected chi connectivity index (χ4v) is 2.40. The highest BCUT2D eigenvalue weighted by Gasteiger charge is 2.54. The van der Waals surface area contributed by atoms with Crippen molar-refractivity contribution in [3.05, 3.63) is 39.5 Å². The van der Waals surface area contributed by atoms with Gasteiger partial charge >= 0.3 is 6.18 Å². The quantitative estimate of drug-likeness (QED) is 0.533. The molecule has 0 radical (unpaired) electrons. The molecule has 1 aliphatic carbocycles. The number of hydrogen-bond donors (Lipinski definition) is 3. The highest BCUT2D eigenvalue weighted by molar-refractivity contribution is 6.42. The van der Waals surface area contributed by atoms with Crippen molar-refractivity contribution in [2.75, 3.05) is 5.32 Å². The Morgan fingerprint density at radius 1 is 1.26 bits per heavy atom. The third-order valence-electron chi connectivity index (χ3n) is 3.18. The van der Waals surface area contributed by atoms with Crippen molar-refractivity contribution in [1.82, 2.24) is 0 Å². The van der Waals surface area contributed by atoms with Gasteiger partial charge in [-0.2, -0.15) is 13.2 Å². The lowest BCUT2D eigenvalue weighted by molar-refractivity contribution is -0.0816. The minimum Gasteiger partial charge on any atom is -0.382 e. The van der Waals surface area contributed by atoms with Crippen LogP contribution in [-0.2, 0) is 0 Å². The molecule has 23 heavy (non-hydrogen) atoms. The summed E-state index contributed by atoms with van der Waals surface area (Å²) in [6, 6.07) is 3.87. The molecular weight excluding hydrogens is 366 g/mol. The molecule has 0 unspecified atom stereocenters. The number of allylic oxidation sites excluding steroid dienone is 1. The lowest BCUT2D eigenvalue weighted by Gasteiger charge is -2.17. The molecule has 10 heteroatoms. The van der Waals surface area contributed by atoms with E-state index in [0.29, 0.717) is 0 Å². The van der Waals surface area contributed by atoms with Gasteiger partial charge in [-0.05, 0) is 18.2 Å². The van der Waals surface area contributed by atoms with Crippen molar-refractivity contribution in [3.8, 4) is 0 Å². The highest BCUT2D eigenvalue weighted by Crippen LogP contribution is 2.42. The molecule has 0 bridgehead atoms. The molecule has 1 atom stereocenters. The number of halogens is 7. The zero-order valence-corrected chi connectivity index (χ0v) is 12.6. The maximum atomic E-state index is 13.6. The van der Waals surface area contributed by atoms with E-state index in [0.717, 1.165) is 0 Å². The van der Waals surface area contributed by atoms with Crippen LogP contribution in [0.3, 0.4) is 0 Å². The van der Waals surface area contributed by atoms with Crippen LogP contribution in [0.25, 0.3) is 0 Å². The van der Waals surface area contributed by atoms with Crippen molar-refractivity contribution in [2.24, 2.45) is 0 Å². The minimum atomic E-state index is -5.17. The maximum Gasteiger partial charge on any atom is 0.433 e. The third-order valence-corrected chi connectivity index (χ3v) is 3.92. The van der Waals surface area contributed by atoms with Crippen molar-refractivity contribution < 1.29 is 27.1 Å². The molecule has 2 rings (SSSR count). The molecule has 1 aliphatic rings. The minimum absolute atomic E-state index is 0.0648.